The van der Waals surface area contributed by atoms with E-state index in [1.807, 2.05) is 0 Å². The number of hydrogen-bond acceptors (Lipinski definition) is 2. The first-order valence-corrected chi connectivity index (χ1v) is 15.8. The summed E-state index contributed by atoms with van der Waals surface area (Å²) >= 11 is 0. The van der Waals surface area contributed by atoms with E-state index < -0.39 is 0 Å². The Morgan fingerprint density at radius 3 is 1.61 bits per heavy atom. The van der Waals surface area contributed by atoms with Gasteiger partial charge in [-0.15, -0.1) is 0 Å². The molecule has 216 valence electrons. The third kappa shape index (κ3) is 4.35. The highest BCUT2D eigenvalue weighted by Gasteiger charge is 2.26. The van der Waals surface area contributed by atoms with Crippen LogP contribution >= 0.6 is 0 Å². The van der Waals surface area contributed by atoms with Crippen LogP contribution in [0.25, 0.3) is 43.8 Å². The molecule has 2 heteroatoms. The van der Waals surface area contributed by atoms with Gasteiger partial charge in [-0.05, 0) is 99.6 Å². The predicted octanol–water partition coefficient (Wildman–Crippen LogP) is 12.6. The summed E-state index contributed by atoms with van der Waals surface area (Å²) in [5.74, 6) is 0. The molecule has 46 heavy (non-hydrogen) atoms. The Morgan fingerprint density at radius 1 is 0.348 bits per heavy atom. The van der Waals surface area contributed by atoms with Crippen LogP contribution in [0.2, 0.25) is 0 Å². The monoisotopic (exact) mass is 586 g/mol. The van der Waals surface area contributed by atoms with Crippen LogP contribution in [-0.4, -0.2) is 0 Å². The van der Waals surface area contributed by atoms with E-state index in [1.165, 1.54) is 55.2 Å². The summed E-state index contributed by atoms with van der Waals surface area (Å²) in [6.45, 7) is 0. The Kier molecular flexibility index (Phi) is 6.17. The van der Waals surface area contributed by atoms with Gasteiger partial charge in [-0.3, -0.25) is 0 Å². The molecule has 0 aliphatic carbocycles. The molecule has 2 nitrogen and oxygen atoms in total. The fourth-order valence-corrected chi connectivity index (χ4v) is 6.98. The first-order valence-electron chi connectivity index (χ1n) is 15.8. The average molecular weight is 587 g/mol. The molecule has 0 radical (unpaired) electrons. The van der Waals surface area contributed by atoms with Crippen LogP contribution in [0.4, 0.5) is 34.1 Å². The number of para-hydroxylation sites is 1. The molecule has 0 saturated carbocycles. The van der Waals surface area contributed by atoms with Crippen molar-refractivity contribution in [2.75, 3.05) is 9.80 Å². The van der Waals surface area contributed by atoms with Gasteiger partial charge >= 0.3 is 0 Å². The standard InChI is InChI=1S/C44H30N2/c1-3-11-31(12-4-1)32-21-23-37(24-22-32)45(36-17-5-2-6-18-36)38-25-27-39(28-26-38)46-42-20-10-16-33-15-9-19-40(44(33)42)41-29-34-13-7-8-14-35(34)30-43(41)46/h1-30H. The Balaban J connectivity index is 1.17. The minimum absolute atomic E-state index is 1.11. The second-order valence-corrected chi connectivity index (χ2v) is 11.8. The zero-order chi connectivity index (χ0) is 30.5. The maximum atomic E-state index is 2.43. The SMILES string of the molecule is c1ccc(-c2ccc(N(c3ccccc3)c3ccc(N4c5cc6ccccc6cc5-c5cccc6cccc4c56)cc3)cc2)cc1. The Hall–Kier alpha value is -6.12. The number of fused-ring (bicyclic) bond motifs is 3. The molecule has 0 atom stereocenters. The Labute approximate surface area is 269 Å². The molecule has 0 amide bonds. The molecule has 0 unspecified atom stereocenters. The topological polar surface area (TPSA) is 6.48 Å². The number of anilines is 6. The van der Waals surface area contributed by atoms with Gasteiger partial charge < -0.3 is 9.80 Å². The lowest BCUT2D eigenvalue weighted by molar-refractivity contribution is 1.26. The van der Waals surface area contributed by atoms with E-state index in [4.69, 9.17) is 0 Å². The molecular weight excluding hydrogens is 556 g/mol. The molecule has 0 saturated heterocycles. The smallest absolute Gasteiger partial charge is 0.0546 e. The summed E-state index contributed by atoms with van der Waals surface area (Å²) in [6.07, 6.45) is 0. The van der Waals surface area contributed by atoms with Gasteiger partial charge in [0.25, 0.3) is 0 Å². The summed E-state index contributed by atoms with van der Waals surface area (Å²) in [5, 5.41) is 5.04. The molecule has 9 rings (SSSR count). The second-order valence-electron chi connectivity index (χ2n) is 11.8. The van der Waals surface area contributed by atoms with Crippen molar-refractivity contribution in [3.63, 3.8) is 0 Å². The number of rotatable bonds is 5. The van der Waals surface area contributed by atoms with Crippen LogP contribution in [0.5, 0.6) is 0 Å². The van der Waals surface area contributed by atoms with E-state index in [0.29, 0.717) is 0 Å². The zero-order valence-corrected chi connectivity index (χ0v) is 25.2. The minimum Gasteiger partial charge on any atom is -0.311 e. The van der Waals surface area contributed by atoms with Gasteiger partial charge in [0.1, 0.15) is 0 Å². The van der Waals surface area contributed by atoms with Crippen molar-refractivity contribution >= 4 is 55.7 Å². The van der Waals surface area contributed by atoms with E-state index in [9.17, 15) is 0 Å². The van der Waals surface area contributed by atoms with E-state index in [0.717, 1.165) is 22.7 Å². The highest BCUT2D eigenvalue weighted by molar-refractivity contribution is 6.15. The van der Waals surface area contributed by atoms with Crippen molar-refractivity contribution in [2.45, 2.75) is 0 Å². The second kappa shape index (κ2) is 10.8. The molecule has 1 aliphatic heterocycles. The van der Waals surface area contributed by atoms with Gasteiger partial charge in [0.15, 0.2) is 0 Å². The van der Waals surface area contributed by atoms with Crippen molar-refractivity contribution in [1.29, 1.82) is 0 Å². The summed E-state index contributed by atoms with van der Waals surface area (Å²) in [5.41, 5.74) is 11.9. The van der Waals surface area contributed by atoms with E-state index in [1.54, 1.807) is 0 Å². The van der Waals surface area contributed by atoms with Crippen LogP contribution in [-0.2, 0) is 0 Å². The lowest BCUT2D eigenvalue weighted by atomic mass is 9.89. The molecule has 8 aromatic rings. The normalized spacial score (nSPS) is 11.9. The summed E-state index contributed by atoms with van der Waals surface area (Å²) in [6, 6.07) is 65.7. The Bertz CT molecular complexity index is 2340. The minimum atomic E-state index is 1.11. The van der Waals surface area contributed by atoms with Crippen LogP contribution in [0.15, 0.2) is 182 Å². The first kappa shape index (κ1) is 26.3. The molecule has 0 fully saturated rings. The molecule has 8 aromatic carbocycles. The van der Waals surface area contributed by atoms with E-state index >= 15 is 0 Å². The molecule has 0 N–H and O–H groups in total. The number of benzene rings is 8. The van der Waals surface area contributed by atoms with Crippen molar-refractivity contribution in [3.05, 3.63) is 182 Å². The lowest BCUT2D eigenvalue weighted by Gasteiger charge is -2.34. The van der Waals surface area contributed by atoms with Gasteiger partial charge in [0.2, 0.25) is 0 Å². The summed E-state index contributed by atoms with van der Waals surface area (Å²) < 4.78 is 0. The average Bonchev–Trinajstić information content (AvgIpc) is 3.13. The molecular formula is C44H30N2. The van der Waals surface area contributed by atoms with Gasteiger partial charge in [-0.1, -0.05) is 115 Å². The Morgan fingerprint density at radius 2 is 0.891 bits per heavy atom. The fraction of sp³-hybridized carbons (Fsp3) is 0. The van der Waals surface area contributed by atoms with Crippen molar-refractivity contribution in [3.8, 4) is 22.3 Å². The molecule has 0 bridgehead atoms. The lowest BCUT2D eigenvalue weighted by Crippen LogP contribution is -2.15. The maximum absolute atomic E-state index is 2.43. The molecule has 1 aliphatic rings. The highest BCUT2D eigenvalue weighted by Crippen LogP contribution is 2.52. The predicted molar refractivity (Wildman–Crippen MR) is 195 cm³/mol. The third-order valence-electron chi connectivity index (χ3n) is 9.13. The van der Waals surface area contributed by atoms with Crippen LogP contribution < -0.4 is 9.80 Å². The summed E-state index contributed by atoms with van der Waals surface area (Å²) in [4.78, 5) is 4.76. The molecule has 0 aromatic heterocycles. The number of hydrogen-bond donors (Lipinski definition) is 0. The van der Waals surface area contributed by atoms with Crippen LogP contribution in [0, 0.1) is 0 Å². The fourth-order valence-electron chi connectivity index (χ4n) is 6.98. The van der Waals surface area contributed by atoms with Gasteiger partial charge in [-0.2, -0.15) is 0 Å². The van der Waals surface area contributed by atoms with Crippen molar-refractivity contribution in [2.24, 2.45) is 0 Å². The summed E-state index contributed by atoms with van der Waals surface area (Å²) in [7, 11) is 0. The van der Waals surface area contributed by atoms with Gasteiger partial charge in [0.05, 0.1) is 11.4 Å². The molecule has 1 heterocycles. The maximum Gasteiger partial charge on any atom is 0.0546 e. The van der Waals surface area contributed by atoms with Gasteiger partial charge in [0, 0.05) is 33.7 Å². The van der Waals surface area contributed by atoms with E-state index in [2.05, 4.69) is 192 Å². The zero-order valence-electron chi connectivity index (χ0n) is 25.2. The highest BCUT2D eigenvalue weighted by atomic mass is 15.2. The quantitative estimate of drug-likeness (QED) is 0.198. The first-order chi connectivity index (χ1) is 22.8. The van der Waals surface area contributed by atoms with Crippen molar-refractivity contribution in [1.82, 2.24) is 0 Å². The van der Waals surface area contributed by atoms with Crippen molar-refractivity contribution < 1.29 is 0 Å². The largest absolute Gasteiger partial charge is 0.311 e. The third-order valence-corrected chi connectivity index (χ3v) is 9.13. The van der Waals surface area contributed by atoms with Crippen LogP contribution in [0.3, 0.4) is 0 Å². The van der Waals surface area contributed by atoms with Gasteiger partial charge in [-0.25, -0.2) is 0 Å². The molecule has 0 spiro atoms. The van der Waals surface area contributed by atoms with Crippen LogP contribution in [0.1, 0.15) is 0 Å². The number of nitrogens with zero attached hydrogens (tertiary/aromatic N) is 2. The van der Waals surface area contributed by atoms with E-state index in [-0.39, 0.29) is 0 Å².